The van der Waals surface area contributed by atoms with Crippen molar-refractivity contribution in [1.82, 2.24) is 10.6 Å². The predicted molar refractivity (Wildman–Crippen MR) is 156 cm³/mol. The molecule has 0 aliphatic rings. The Labute approximate surface area is 229 Å². The van der Waals surface area contributed by atoms with Crippen molar-refractivity contribution < 1.29 is 19.1 Å². The molecule has 0 fully saturated rings. The number of nitrogens with one attached hydrogen (secondary N) is 2. The van der Waals surface area contributed by atoms with Crippen LogP contribution in [-0.4, -0.2) is 38.5 Å². The largest absolute Gasteiger partial charge is 0.450 e. The van der Waals surface area contributed by atoms with E-state index in [0.717, 1.165) is 38.5 Å². The van der Waals surface area contributed by atoms with Crippen molar-refractivity contribution in [3.63, 3.8) is 0 Å². The van der Waals surface area contributed by atoms with Gasteiger partial charge in [0, 0.05) is 13.1 Å². The molecule has 0 aliphatic heterocycles. The molecule has 0 saturated heterocycles. The summed E-state index contributed by atoms with van der Waals surface area (Å²) in [6, 6.07) is 0. The van der Waals surface area contributed by atoms with Crippen LogP contribution in [-0.2, 0) is 9.47 Å². The van der Waals surface area contributed by atoms with E-state index in [-0.39, 0.29) is 17.6 Å². The fourth-order valence-corrected chi connectivity index (χ4v) is 5.74. The highest BCUT2D eigenvalue weighted by molar-refractivity contribution is 5.67. The average Bonchev–Trinajstić information content (AvgIpc) is 2.88. The Morgan fingerprint density at radius 3 is 1.51 bits per heavy atom. The van der Waals surface area contributed by atoms with Gasteiger partial charge in [-0.1, -0.05) is 101 Å². The van der Waals surface area contributed by atoms with Crippen molar-refractivity contribution in [2.45, 2.75) is 139 Å². The summed E-state index contributed by atoms with van der Waals surface area (Å²) in [5, 5.41) is 5.83. The van der Waals surface area contributed by atoms with Gasteiger partial charge in [0.25, 0.3) is 0 Å². The summed E-state index contributed by atoms with van der Waals surface area (Å²) in [5.41, 5.74) is 0.721. The fourth-order valence-electron chi connectivity index (χ4n) is 5.74. The zero-order valence-corrected chi connectivity index (χ0v) is 26.0. The van der Waals surface area contributed by atoms with Crippen LogP contribution in [0.1, 0.15) is 139 Å². The summed E-state index contributed by atoms with van der Waals surface area (Å²) in [6.07, 6.45) is 12.3. The number of ether oxygens (including phenoxy) is 2. The van der Waals surface area contributed by atoms with Gasteiger partial charge in [-0.05, 0) is 60.7 Å². The molecule has 220 valence electrons. The average molecular weight is 527 g/mol. The summed E-state index contributed by atoms with van der Waals surface area (Å²) in [4.78, 5) is 24.2. The Hall–Kier alpha value is -1.46. The van der Waals surface area contributed by atoms with Gasteiger partial charge in [0.2, 0.25) is 0 Å². The number of hydrogen-bond acceptors (Lipinski definition) is 4. The van der Waals surface area contributed by atoms with Crippen LogP contribution in [0.5, 0.6) is 0 Å². The smallest absolute Gasteiger partial charge is 0.407 e. The third-order valence-electron chi connectivity index (χ3n) is 9.19. The third kappa shape index (κ3) is 14.9. The minimum atomic E-state index is -0.325. The molecule has 0 radical (unpaired) electrons. The Bertz CT molecular complexity index is 596. The van der Waals surface area contributed by atoms with Crippen LogP contribution in [0, 0.1) is 22.2 Å². The number of hydrogen-bond donors (Lipinski definition) is 2. The van der Waals surface area contributed by atoms with Gasteiger partial charge < -0.3 is 20.1 Å². The van der Waals surface area contributed by atoms with Crippen LogP contribution < -0.4 is 10.6 Å². The molecule has 0 aromatic carbocycles. The van der Waals surface area contributed by atoms with E-state index < -0.39 is 0 Å². The van der Waals surface area contributed by atoms with Crippen LogP contribution in [0.2, 0.25) is 0 Å². The van der Waals surface area contributed by atoms with Gasteiger partial charge in [-0.2, -0.15) is 0 Å². The van der Waals surface area contributed by atoms with Crippen molar-refractivity contribution in [3.05, 3.63) is 0 Å². The molecule has 0 rings (SSSR count). The maximum Gasteiger partial charge on any atom is 0.407 e. The van der Waals surface area contributed by atoms with Crippen LogP contribution in [0.3, 0.4) is 0 Å². The molecule has 0 heterocycles. The first kappa shape index (κ1) is 35.5. The lowest BCUT2D eigenvalue weighted by Crippen LogP contribution is -2.36. The Kier molecular flexibility index (Phi) is 18.0. The van der Waals surface area contributed by atoms with Crippen LogP contribution in [0.15, 0.2) is 0 Å². The maximum atomic E-state index is 12.2. The summed E-state index contributed by atoms with van der Waals surface area (Å²) in [5.74, 6) is 0.414. The van der Waals surface area contributed by atoms with Gasteiger partial charge in [-0.15, -0.1) is 0 Å². The number of carbonyl (C=O) groups excluding carboxylic acids is 2. The zero-order chi connectivity index (χ0) is 28.4. The van der Waals surface area contributed by atoms with E-state index in [1.165, 1.54) is 38.5 Å². The molecule has 0 bridgehead atoms. The highest BCUT2D eigenvalue weighted by Crippen LogP contribution is 2.36. The van der Waals surface area contributed by atoms with Gasteiger partial charge in [-0.3, -0.25) is 0 Å². The van der Waals surface area contributed by atoms with Crippen molar-refractivity contribution in [2.75, 3.05) is 26.3 Å². The lowest BCUT2D eigenvalue weighted by atomic mass is 9.76. The first-order valence-corrected chi connectivity index (χ1v) is 15.3. The molecular weight excluding hydrogens is 464 g/mol. The van der Waals surface area contributed by atoms with E-state index in [1.54, 1.807) is 0 Å². The standard InChI is InChI=1S/C31H62N2O4/c1-10-30(11-2,12-3)19-16-22-36-27(34)32-21-18-26(7)24-29(8,9)25-33-28(35)37-23-17-20-31(13-4,14-5)15-6/h26H,10-25H2,1-9H3,(H,32,34)(H,33,35). The third-order valence-corrected chi connectivity index (χ3v) is 9.19. The molecule has 0 aromatic heterocycles. The summed E-state index contributed by atoms with van der Waals surface area (Å²) < 4.78 is 10.8. The summed E-state index contributed by atoms with van der Waals surface area (Å²) >= 11 is 0. The number of rotatable bonds is 21. The molecular formula is C31H62N2O4. The van der Waals surface area contributed by atoms with Crippen LogP contribution in [0.25, 0.3) is 0 Å². The second kappa shape index (κ2) is 18.7. The summed E-state index contributed by atoms with van der Waals surface area (Å²) in [7, 11) is 0. The van der Waals surface area contributed by atoms with Gasteiger partial charge in [0.15, 0.2) is 0 Å². The second-order valence-corrected chi connectivity index (χ2v) is 12.1. The van der Waals surface area contributed by atoms with Crippen molar-refractivity contribution in [1.29, 1.82) is 0 Å². The zero-order valence-electron chi connectivity index (χ0n) is 26.0. The van der Waals surface area contributed by atoms with Gasteiger partial charge >= 0.3 is 12.2 Å². The topological polar surface area (TPSA) is 76.7 Å². The number of carbonyl (C=O) groups is 2. The van der Waals surface area contributed by atoms with Crippen LogP contribution >= 0.6 is 0 Å². The fraction of sp³-hybridized carbons (Fsp3) is 0.935. The lowest BCUT2D eigenvalue weighted by molar-refractivity contribution is 0.126. The molecule has 1 atom stereocenters. The van der Waals surface area contributed by atoms with E-state index in [2.05, 4.69) is 72.9 Å². The Balaban J connectivity index is 4.10. The van der Waals surface area contributed by atoms with Gasteiger partial charge in [0.1, 0.15) is 0 Å². The van der Waals surface area contributed by atoms with Crippen molar-refractivity contribution >= 4 is 12.2 Å². The summed E-state index contributed by atoms with van der Waals surface area (Å²) in [6.45, 7) is 22.2. The molecule has 2 amide bonds. The molecule has 6 nitrogen and oxygen atoms in total. The van der Waals surface area contributed by atoms with Gasteiger partial charge in [0.05, 0.1) is 13.2 Å². The first-order valence-electron chi connectivity index (χ1n) is 15.3. The molecule has 6 heteroatoms. The van der Waals surface area contributed by atoms with E-state index in [4.69, 9.17) is 9.47 Å². The maximum absolute atomic E-state index is 12.2. The molecule has 0 aromatic rings. The first-order chi connectivity index (χ1) is 17.5. The molecule has 0 saturated carbocycles. The SMILES string of the molecule is CCC(CC)(CC)CCCOC(=O)NCCC(C)CC(C)(C)CNC(=O)OCCCC(CC)(CC)CC. The number of alkyl carbamates (subject to hydrolysis) is 2. The Morgan fingerprint density at radius 2 is 1.11 bits per heavy atom. The van der Waals surface area contributed by atoms with Crippen LogP contribution in [0.4, 0.5) is 9.59 Å². The van der Waals surface area contributed by atoms with E-state index in [1.807, 2.05) is 0 Å². The minimum absolute atomic E-state index is 0.0505. The van der Waals surface area contributed by atoms with Crippen molar-refractivity contribution in [2.24, 2.45) is 22.2 Å². The van der Waals surface area contributed by atoms with Crippen molar-refractivity contribution in [3.8, 4) is 0 Å². The highest BCUT2D eigenvalue weighted by atomic mass is 16.6. The quantitative estimate of drug-likeness (QED) is 0.146. The molecule has 1 unspecified atom stereocenters. The normalized spacial score (nSPS) is 13.2. The molecule has 0 aliphatic carbocycles. The second-order valence-electron chi connectivity index (χ2n) is 12.1. The molecule has 2 N–H and O–H groups in total. The van der Waals surface area contributed by atoms with E-state index in [0.29, 0.717) is 43.1 Å². The molecule has 37 heavy (non-hydrogen) atoms. The minimum Gasteiger partial charge on any atom is -0.450 e. The van der Waals surface area contributed by atoms with Gasteiger partial charge in [-0.25, -0.2) is 9.59 Å². The van der Waals surface area contributed by atoms with E-state index >= 15 is 0 Å². The number of amides is 2. The predicted octanol–water partition coefficient (Wildman–Crippen LogP) is 8.87. The Morgan fingerprint density at radius 1 is 0.703 bits per heavy atom. The lowest BCUT2D eigenvalue weighted by Gasteiger charge is -2.30. The van der Waals surface area contributed by atoms with E-state index in [9.17, 15) is 9.59 Å². The monoisotopic (exact) mass is 526 g/mol. The molecule has 0 spiro atoms. The highest BCUT2D eigenvalue weighted by Gasteiger charge is 2.25.